The third kappa shape index (κ3) is 10.4. The Morgan fingerprint density at radius 1 is 1.12 bits per heavy atom. The van der Waals surface area contributed by atoms with E-state index in [0.29, 0.717) is 11.2 Å². The van der Waals surface area contributed by atoms with Crippen LogP contribution in [-0.4, -0.2) is 72.3 Å². The van der Waals surface area contributed by atoms with Gasteiger partial charge in [-0.2, -0.15) is 5.26 Å². The molecule has 0 bridgehead atoms. The first-order valence-electron chi connectivity index (χ1n) is 16.7. The predicted octanol–water partition coefficient (Wildman–Crippen LogP) is 7.10. The Morgan fingerprint density at radius 2 is 1.83 bits per heavy atom. The largest absolute Gasteiger partial charge is 0.434 e. The van der Waals surface area contributed by atoms with Gasteiger partial charge in [0.15, 0.2) is 22.9 Å². The summed E-state index contributed by atoms with van der Waals surface area (Å²) in [5, 5.41) is 19.9. The van der Waals surface area contributed by atoms with Crippen LogP contribution in [0.1, 0.15) is 52.3 Å². The highest BCUT2D eigenvalue weighted by molar-refractivity contribution is 5.83. The quantitative estimate of drug-likeness (QED) is 0.165. The summed E-state index contributed by atoms with van der Waals surface area (Å²) < 4.78 is 22.8. The predicted molar refractivity (Wildman–Crippen MR) is 196 cm³/mol. The van der Waals surface area contributed by atoms with Gasteiger partial charge >= 0.3 is 0 Å². The van der Waals surface area contributed by atoms with Crippen molar-refractivity contribution >= 4 is 28.1 Å². The molecule has 5 rings (SSSR count). The molecule has 3 N–H and O–H groups in total. The van der Waals surface area contributed by atoms with Gasteiger partial charge in [-0.15, -0.1) is 0 Å². The summed E-state index contributed by atoms with van der Waals surface area (Å²) in [6.07, 6.45) is 4.62. The topological polar surface area (TPSA) is 106 Å². The van der Waals surface area contributed by atoms with Crippen LogP contribution in [0, 0.1) is 24.1 Å². The van der Waals surface area contributed by atoms with Gasteiger partial charge in [0.25, 0.3) is 0 Å². The van der Waals surface area contributed by atoms with Crippen LogP contribution < -0.4 is 25.6 Å². The second-order valence-electron chi connectivity index (χ2n) is 11.6. The highest BCUT2D eigenvalue weighted by Crippen LogP contribution is 2.33. The first kappa shape index (κ1) is 37.8. The van der Waals surface area contributed by atoms with E-state index in [1.807, 2.05) is 49.7 Å². The molecule has 1 aliphatic heterocycles. The van der Waals surface area contributed by atoms with E-state index in [2.05, 4.69) is 82.6 Å². The summed E-state index contributed by atoms with van der Waals surface area (Å²) in [5.74, 6) is -0.218. The average molecular weight is 658 g/mol. The van der Waals surface area contributed by atoms with E-state index in [4.69, 9.17) is 4.74 Å². The third-order valence-corrected chi connectivity index (χ3v) is 8.14. The summed E-state index contributed by atoms with van der Waals surface area (Å²) in [4.78, 5) is 12.9. The van der Waals surface area contributed by atoms with Gasteiger partial charge in [0.05, 0.1) is 5.52 Å². The van der Waals surface area contributed by atoms with Gasteiger partial charge in [-0.25, -0.2) is 14.4 Å². The molecule has 1 fully saturated rings. The maximum atomic E-state index is 15.1. The second-order valence-corrected chi connectivity index (χ2v) is 11.6. The molecule has 258 valence electrons. The SMILES string of the molecule is C/C=C(/C)NCC.CCCN(C)CC.Cc1cc2c(F)c(Oc3ncnc(Nc4ccc(N5CCNCC5)cc4)c3C#N)ccc2n1C. The van der Waals surface area contributed by atoms with E-state index < -0.39 is 5.82 Å². The molecule has 48 heavy (non-hydrogen) atoms. The molecule has 4 aromatic rings. The smallest absolute Gasteiger partial charge is 0.242 e. The number of fused-ring (bicyclic) bond motifs is 1. The molecule has 1 aliphatic rings. The molecule has 0 radical (unpaired) electrons. The fourth-order valence-electron chi connectivity index (χ4n) is 5.05. The van der Waals surface area contributed by atoms with Gasteiger partial charge < -0.3 is 35.1 Å². The Bertz CT molecular complexity index is 1650. The molecule has 0 amide bonds. The Morgan fingerprint density at radius 3 is 2.40 bits per heavy atom. The third-order valence-electron chi connectivity index (χ3n) is 8.14. The van der Waals surface area contributed by atoms with Gasteiger partial charge in [-0.3, -0.25) is 0 Å². The van der Waals surface area contributed by atoms with Gasteiger partial charge in [0.1, 0.15) is 12.4 Å². The number of hydrogen-bond donors (Lipinski definition) is 3. The number of rotatable bonds is 10. The van der Waals surface area contributed by atoms with E-state index >= 15 is 4.39 Å². The zero-order valence-corrected chi connectivity index (χ0v) is 29.8. The Labute approximate surface area is 285 Å². The zero-order chi connectivity index (χ0) is 35.1. The molecular weight excluding hydrogens is 605 g/mol. The van der Waals surface area contributed by atoms with Gasteiger partial charge in [-0.1, -0.05) is 19.9 Å². The number of ether oxygens (including phenoxy) is 1. The maximum absolute atomic E-state index is 15.1. The van der Waals surface area contributed by atoms with Crippen LogP contribution in [0.25, 0.3) is 10.9 Å². The van der Waals surface area contributed by atoms with Crippen LogP contribution in [0.2, 0.25) is 0 Å². The van der Waals surface area contributed by atoms with Crippen LogP contribution in [0.5, 0.6) is 11.6 Å². The number of piperazine rings is 1. The van der Waals surface area contributed by atoms with Crippen molar-refractivity contribution < 1.29 is 9.13 Å². The van der Waals surface area contributed by atoms with Crippen molar-refractivity contribution in [3.63, 3.8) is 0 Å². The summed E-state index contributed by atoms with van der Waals surface area (Å²) in [6, 6.07) is 15.1. The van der Waals surface area contributed by atoms with Crippen LogP contribution in [0.3, 0.4) is 0 Å². The molecule has 0 unspecified atom stereocenters. The molecule has 2 aromatic carbocycles. The van der Waals surface area contributed by atoms with Gasteiger partial charge in [0, 0.05) is 67.9 Å². The van der Waals surface area contributed by atoms with Crippen molar-refractivity contribution in [2.45, 2.75) is 48.0 Å². The highest BCUT2D eigenvalue weighted by Gasteiger charge is 2.18. The molecule has 10 nitrogen and oxygen atoms in total. The number of aryl methyl sites for hydroxylation is 2. The number of benzene rings is 2. The normalized spacial score (nSPS) is 12.9. The molecule has 0 aliphatic carbocycles. The first-order valence-corrected chi connectivity index (χ1v) is 16.7. The number of halogens is 1. The average Bonchev–Trinajstić information content (AvgIpc) is 3.40. The lowest BCUT2D eigenvalue weighted by atomic mass is 10.2. The lowest BCUT2D eigenvalue weighted by molar-refractivity contribution is 0.353. The molecule has 11 heteroatoms. The zero-order valence-electron chi connectivity index (χ0n) is 29.8. The Kier molecular flexibility index (Phi) is 15.1. The summed E-state index contributed by atoms with van der Waals surface area (Å²) in [7, 11) is 4.02. The standard InChI is InChI=1S/C25H24FN7O.C6H15N.C6H13N/c1-16-13-19-21(32(16)2)7-8-22(23(19)26)34-25-20(14-27)24(29-15-30-25)31-17-3-5-18(6-4-17)33-11-9-28-10-12-33;1-4-6-7(3)5-2;1-4-6(3)7-5-2/h3-8,13,15,28H,9-12H2,1-2H3,(H,29,30,31);4-6H2,1-3H3;4,7H,5H2,1-3H3/b;;6-4-. The lowest BCUT2D eigenvalue weighted by Gasteiger charge is -2.29. The van der Waals surface area contributed by atoms with E-state index in [1.165, 1.54) is 31.5 Å². The van der Waals surface area contributed by atoms with Crippen LogP contribution in [-0.2, 0) is 7.05 Å². The minimum atomic E-state index is -0.498. The van der Waals surface area contributed by atoms with Crippen molar-refractivity contribution in [3.05, 3.63) is 77.6 Å². The van der Waals surface area contributed by atoms with Gasteiger partial charge in [-0.05, 0) is 96.7 Å². The number of hydrogen-bond acceptors (Lipinski definition) is 9. The fraction of sp³-hybridized carbons (Fsp3) is 0.432. The van der Waals surface area contributed by atoms with Crippen molar-refractivity contribution in [3.8, 4) is 17.7 Å². The number of aromatic nitrogens is 3. The number of allylic oxidation sites excluding steroid dienone is 2. The number of nitrogens with zero attached hydrogens (tertiary/aromatic N) is 6. The summed E-state index contributed by atoms with van der Waals surface area (Å²) >= 11 is 0. The number of nitrogens with one attached hydrogen (secondary N) is 3. The molecule has 1 saturated heterocycles. The van der Waals surface area contributed by atoms with E-state index in [0.717, 1.165) is 55.3 Å². The van der Waals surface area contributed by atoms with Crippen molar-refractivity contribution in [1.29, 1.82) is 5.26 Å². The van der Waals surface area contributed by atoms with Crippen LogP contribution in [0.15, 0.2) is 60.6 Å². The second kappa shape index (κ2) is 19.2. The molecule has 2 aromatic heterocycles. The molecule has 0 spiro atoms. The van der Waals surface area contributed by atoms with Crippen LogP contribution in [0.4, 0.5) is 21.6 Å². The Balaban J connectivity index is 0.000000376. The maximum Gasteiger partial charge on any atom is 0.242 e. The van der Waals surface area contributed by atoms with Crippen LogP contribution >= 0.6 is 0 Å². The summed E-state index contributed by atoms with van der Waals surface area (Å²) in [6.45, 7) is 19.7. The van der Waals surface area contributed by atoms with Crippen molar-refractivity contribution in [1.82, 2.24) is 30.1 Å². The molecule has 0 saturated carbocycles. The number of anilines is 3. The minimum absolute atomic E-state index is 0.000348. The van der Waals surface area contributed by atoms with E-state index in [-0.39, 0.29) is 17.2 Å². The Hall–Kier alpha value is -4.66. The number of nitriles is 1. The van der Waals surface area contributed by atoms with Crippen molar-refractivity contribution in [2.75, 3.05) is 63.1 Å². The summed E-state index contributed by atoms with van der Waals surface area (Å²) in [5.41, 5.74) is 4.95. The van der Waals surface area contributed by atoms with E-state index in [1.54, 1.807) is 18.2 Å². The first-order chi connectivity index (χ1) is 23.2. The monoisotopic (exact) mass is 657 g/mol. The highest BCUT2D eigenvalue weighted by atomic mass is 19.1. The lowest BCUT2D eigenvalue weighted by Crippen LogP contribution is -2.43. The molecule has 0 atom stereocenters. The van der Waals surface area contributed by atoms with Gasteiger partial charge in [0.2, 0.25) is 5.88 Å². The molecule has 3 heterocycles. The molecular formula is C37H52FN9O. The fourth-order valence-corrected chi connectivity index (χ4v) is 5.05. The minimum Gasteiger partial charge on any atom is -0.434 e. The van der Waals surface area contributed by atoms with E-state index in [9.17, 15) is 5.26 Å². The van der Waals surface area contributed by atoms with Crippen molar-refractivity contribution in [2.24, 2.45) is 7.05 Å².